The van der Waals surface area contributed by atoms with Crippen molar-refractivity contribution in [1.82, 2.24) is 24.9 Å². The fraction of sp³-hybridized carbons (Fsp3) is 0.500. The number of piperidine rings is 1. The van der Waals surface area contributed by atoms with Crippen LogP contribution in [0.25, 0.3) is 10.9 Å². The van der Waals surface area contributed by atoms with E-state index in [9.17, 15) is 4.79 Å². The number of nitrogens with zero attached hydrogens (tertiary/aromatic N) is 5. The van der Waals surface area contributed by atoms with Gasteiger partial charge in [-0.15, -0.1) is 10.2 Å². The Labute approximate surface area is 162 Å². The number of ether oxygens (including phenoxy) is 1. The van der Waals surface area contributed by atoms with E-state index in [1.165, 1.54) is 0 Å². The summed E-state index contributed by atoms with van der Waals surface area (Å²) in [5.41, 5.74) is 0.892. The van der Waals surface area contributed by atoms with E-state index in [1.807, 2.05) is 35.4 Å². The van der Waals surface area contributed by atoms with Gasteiger partial charge >= 0.3 is 0 Å². The number of rotatable bonds is 4. The van der Waals surface area contributed by atoms with E-state index < -0.39 is 0 Å². The predicted molar refractivity (Wildman–Crippen MR) is 100 cm³/mol. The maximum Gasteiger partial charge on any atom is 0.245 e. The second-order valence-electron chi connectivity index (χ2n) is 7.46. The summed E-state index contributed by atoms with van der Waals surface area (Å²) >= 11 is 0. The highest BCUT2D eigenvalue weighted by Crippen LogP contribution is 2.33. The van der Waals surface area contributed by atoms with Gasteiger partial charge in [-0.25, -0.2) is 0 Å². The van der Waals surface area contributed by atoms with Crippen LogP contribution in [0.15, 0.2) is 34.9 Å². The molecule has 0 N–H and O–H groups in total. The molecule has 0 spiro atoms. The first-order valence-corrected chi connectivity index (χ1v) is 9.94. The number of amides is 1. The molecule has 0 unspecified atom stereocenters. The normalized spacial score (nSPS) is 22.8. The number of fused-ring (bicyclic) bond motifs is 1. The zero-order valence-electron chi connectivity index (χ0n) is 15.7. The molecule has 2 aliphatic heterocycles. The van der Waals surface area contributed by atoms with E-state index >= 15 is 0 Å². The monoisotopic (exact) mass is 381 g/mol. The molecule has 4 heterocycles. The van der Waals surface area contributed by atoms with E-state index in [4.69, 9.17) is 9.15 Å². The summed E-state index contributed by atoms with van der Waals surface area (Å²) in [4.78, 5) is 14.9. The van der Waals surface area contributed by atoms with Crippen molar-refractivity contribution in [2.24, 2.45) is 0 Å². The van der Waals surface area contributed by atoms with Gasteiger partial charge in [0.05, 0.1) is 5.52 Å². The minimum Gasteiger partial charge on any atom is -0.420 e. The van der Waals surface area contributed by atoms with Gasteiger partial charge in [-0.1, -0.05) is 18.2 Å². The Morgan fingerprint density at radius 3 is 2.86 bits per heavy atom. The van der Waals surface area contributed by atoms with Crippen LogP contribution in [0, 0.1) is 0 Å². The van der Waals surface area contributed by atoms with E-state index in [-0.39, 0.29) is 24.6 Å². The van der Waals surface area contributed by atoms with E-state index in [0.29, 0.717) is 18.3 Å². The van der Waals surface area contributed by atoms with Crippen molar-refractivity contribution >= 4 is 16.8 Å². The summed E-state index contributed by atoms with van der Waals surface area (Å²) in [5, 5.41) is 14.0. The van der Waals surface area contributed by atoms with Gasteiger partial charge in [0.1, 0.15) is 18.7 Å². The number of hydrogen-bond donors (Lipinski definition) is 0. The van der Waals surface area contributed by atoms with Gasteiger partial charge in [0.15, 0.2) is 0 Å². The first-order valence-electron chi connectivity index (χ1n) is 9.94. The number of carbonyl (C=O) groups excluding carboxylic acids is 1. The molecule has 2 fully saturated rings. The highest BCUT2D eigenvalue weighted by atomic mass is 16.5. The lowest BCUT2D eigenvalue weighted by Crippen LogP contribution is -2.40. The van der Waals surface area contributed by atoms with Crippen LogP contribution in [0.5, 0.6) is 0 Å². The fourth-order valence-electron chi connectivity index (χ4n) is 4.10. The van der Waals surface area contributed by atoms with Crippen LogP contribution >= 0.6 is 0 Å². The first kappa shape index (κ1) is 17.4. The van der Waals surface area contributed by atoms with Gasteiger partial charge < -0.3 is 14.1 Å². The molecule has 0 radical (unpaired) electrons. The minimum atomic E-state index is -0.172. The fourth-order valence-corrected chi connectivity index (χ4v) is 4.10. The predicted octanol–water partition coefficient (Wildman–Crippen LogP) is 3.02. The van der Waals surface area contributed by atoms with Crippen LogP contribution in [-0.4, -0.2) is 43.9 Å². The zero-order chi connectivity index (χ0) is 18.9. The second-order valence-corrected chi connectivity index (χ2v) is 7.46. The highest BCUT2D eigenvalue weighted by Gasteiger charge is 2.33. The Kier molecular flexibility index (Phi) is 4.56. The third-order valence-corrected chi connectivity index (χ3v) is 5.53. The number of hydrogen-bond acceptors (Lipinski definition) is 6. The standard InChI is InChI=1S/C20H23N5O3/c26-18(13-24-12-14-6-1-2-7-15(14)23-24)25-10-4-3-8-16(25)19-21-22-20(28-19)17-9-5-11-27-17/h1-2,6-7,12,16-17H,3-5,8-11,13H2/t16-,17-/m1/s1. The van der Waals surface area contributed by atoms with Crippen LogP contribution in [0.4, 0.5) is 0 Å². The van der Waals surface area contributed by atoms with Gasteiger partial charge in [0.25, 0.3) is 0 Å². The van der Waals surface area contributed by atoms with E-state index in [1.54, 1.807) is 4.68 Å². The largest absolute Gasteiger partial charge is 0.420 e. The van der Waals surface area contributed by atoms with E-state index in [0.717, 1.165) is 49.6 Å². The van der Waals surface area contributed by atoms with Crippen LogP contribution in [0.1, 0.15) is 56.0 Å². The Bertz CT molecular complexity index is 942. The second kappa shape index (κ2) is 7.35. The SMILES string of the molecule is O=C(Cn1cc2ccccc2n1)N1CCCC[C@@H]1c1nnc([C@H]2CCCO2)o1. The lowest BCUT2D eigenvalue weighted by molar-refractivity contribution is -0.136. The molecule has 3 aromatic rings. The number of likely N-dealkylation sites (tertiary alicyclic amines) is 1. The maximum absolute atomic E-state index is 13.0. The molecule has 0 bridgehead atoms. The van der Waals surface area contributed by atoms with Crippen LogP contribution in [0.3, 0.4) is 0 Å². The van der Waals surface area contributed by atoms with Crippen LogP contribution in [-0.2, 0) is 16.1 Å². The minimum absolute atomic E-state index is 0.0226. The summed E-state index contributed by atoms with van der Waals surface area (Å²) in [6, 6.07) is 7.69. The lowest BCUT2D eigenvalue weighted by Gasteiger charge is -2.33. The average Bonchev–Trinajstić information content (AvgIpc) is 3.46. The molecule has 0 aliphatic carbocycles. The zero-order valence-corrected chi connectivity index (χ0v) is 15.7. The molecule has 1 amide bonds. The molecule has 2 atom stereocenters. The Hall–Kier alpha value is -2.74. The van der Waals surface area contributed by atoms with Crippen LogP contribution < -0.4 is 0 Å². The molecule has 0 saturated carbocycles. The number of carbonyl (C=O) groups is 1. The van der Waals surface area contributed by atoms with E-state index in [2.05, 4.69) is 15.3 Å². The molecular formula is C20H23N5O3. The smallest absolute Gasteiger partial charge is 0.245 e. The Morgan fingerprint density at radius 2 is 2.00 bits per heavy atom. The van der Waals surface area contributed by atoms with Gasteiger partial charge in [0.2, 0.25) is 17.7 Å². The molecular weight excluding hydrogens is 358 g/mol. The van der Waals surface area contributed by atoms with Crippen LogP contribution in [0.2, 0.25) is 0 Å². The summed E-state index contributed by atoms with van der Waals surface area (Å²) in [6.45, 7) is 1.63. The molecule has 2 saturated heterocycles. The summed E-state index contributed by atoms with van der Waals surface area (Å²) in [6.07, 6.45) is 6.57. The average molecular weight is 381 g/mol. The van der Waals surface area contributed by atoms with Gasteiger partial charge in [-0.3, -0.25) is 9.48 Å². The highest BCUT2D eigenvalue weighted by molar-refractivity contribution is 5.80. The molecule has 1 aromatic carbocycles. The molecule has 5 rings (SSSR count). The Morgan fingerprint density at radius 1 is 1.11 bits per heavy atom. The first-order chi connectivity index (χ1) is 13.8. The van der Waals surface area contributed by atoms with Crippen molar-refractivity contribution in [2.75, 3.05) is 13.2 Å². The third kappa shape index (κ3) is 3.28. The summed E-state index contributed by atoms with van der Waals surface area (Å²) in [5.74, 6) is 1.07. The molecule has 146 valence electrons. The molecule has 2 aliphatic rings. The van der Waals surface area contributed by atoms with Crippen molar-refractivity contribution in [3.05, 3.63) is 42.2 Å². The van der Waals surface area contributed by atoms with Gasteiger partial charge in [-0.2, -0.15) is 5.10 Å². The van der Waals surface area contributed by atoms with Crippen molar-refractivity contribution in [3.8, 4) is 0 Å². The van der Waals surface area contributed by atoms with Crippen molar-refractivity contribution in [2.45, 2.75) is 50.8 Å². The molecule has 2 aromatic heterocycles. The van der Waals surface area contributed by atoms with Gasteiger partial charge in [-0.05, 0) is 38.2 Å². The lowest BCUT2D eigenvalue weighted by atomic mass is 10.0. The van der Waals surface area contributed by atoms with Crippen molar-refractivity contribution in [3.63, 3.8) is 0 Å². The molecule has 28 heavy (non-hydrogen) atoms. The Balaban J connectivity index is 1.34. The summed E-state index contributed by atoms with van der Waals surface area (Å²) < 4.78 is 13.3. The van der Waals surface area contributed by atoms with Gasteiger partial charge in [0, 0.05) is 24.7 Å². The summed E-state index contributed by atoms with van der Waals surface area (Å²) in [7, 11) is 0. The third-order valence-electron chi connectivity index (χ3n) is 5.53. The topological polar surface area (TPSA) is 86.3 Å². The quantitative estimate of drug-likeness (QED) is 0.690. The van der Waals surface area contributed by atoms with Crippen molar-refractivity contribution < 1.29 is 13.9 Å². The molecule has 8 heteroatoms. The molecule has 8 nitrogen and oxygen atoms in total. The number of aromatic nitrogens is 4. The van der Waals surface area contributed by atoms with Crippen molar-refractivity contribution in [1.29, 1.82) is 0 Å². The number of benzene rings is 1. The maximum atomic E-state index is 13.0.